The summed E-state index contributed by atoms with van der Waals surface area (Å²) < 4.78 is 20.8. The van der Waals surface area contributed by atoms with Crippen LogP contribution in [-0.2, 0) is 4.74 Å². The van der Waals surface area contributed by atoms with Crippen LogP contribution in [0.5, 0.6) is 0 Å². The van der Waals surface area contributed by atoms with E-state index in [9.17, 15) is 9.18 Å². The van der Waals surface area contributed by atoms with Crippen molar-refractivity contribution in [3.8, 4) is 0 Å². The zero-order valence-electron chi connectivity index (χ0n) is 13.7. The fourth-order valence-corrected chi connectivity index (χ4v) is 3.33. The lowest BCUT2D eigenvalue weighted by molar-refractivity contribution is 0.0477. The Morgan fingerprint density at radius 1 is 1.35 bits per heavy atom. The molecule has 1 atom stereocenters. The van der Waals surface area contributed by atoms with Gasteiger partial charge < -0.3 is 9.64 Å². The van der Waals surface area contributed by atoms with E-state index in [-0.39, 0.29) is 23.2 Å². The van der Waals surface area contributed by atoms with Crippen LogP contribution in [0.2, 0.25) is 5.02 Å². The summed E-state index contributed by atoms with van der Waals surface area (Å²) in [4.78, 5) is 22.5. The van der Waals surface area contributed by atoms with Gasteiger partial charge in [0.15, 0.2) is 0 Å². The van der Waals surface area contributed by atoms with Crippen LogP contribution in [0.15, 0.2) is 36.8 Å². The molecule has 1 aliphatic heterocycles. The number of hydrogen-bond acceptors (Lipinski definition) is 6. The van der Waals surface area contributed by atoms with E-state index >= 15 is 0 Å². The monoisotopic (exact) mass is 375 g/mol. The van der Waals surface area contributed by atoms with E-state index in [1.807, 2.05) is 6.07 Å². The molecule has 9 heteroatoms. The minimum absolute atomic E-state index is 0.0315. The number of fused-ring (bicyclic) bond motifs is 1. The Bertz CT molecular complexity index is 963. The second-order valence-electron chi connectivity index (χ2n) is 5.99. The normalized spacial score (nSPS) is 17.0. The molecule has 1 unspecified atom stereocenters. The highest BCUT2D eigenvalue weighted by molar-refractivity contribution is 6.30. The van der Waals surface area contributed by atoms with Gasteiger partial charge in [-0.15, -0.1) is 0 Å². The highest BCUT2D eigenvalue weighted by atomic mass is 35.5. The van der Waals surface area contributed by atoms with Gasteiger partial charge >= 0.3 is 5.97 Å². The SMILES string of the molecule is O=C(OCC1CCCN1c1ccnc2ncnn12)c1cc(Cl)ccc1F. The maximum Gasteiger partial charge on any atom is 0.341 e. The number of ether oxygens (including phenoxy) is 1. The summed E-state index contributed by atoms with van der Waals surface area (Å²) in [5, 5.41) is 4.47. The maximum atomic E-state index is 13.8. The first-order valence-electron chi connectivity index (χ1n) is 8.17. The lowest BCUT2D eigenvalue weighted by Crippen LogP contribution is -2.35. The van der Waals surface area contributed by atoms with Gasteiger partial charge in [0, 0.05) is 17.8 Å². The number of anilines is 1. The van der Waals surface area contributed by atoms with Crippen LogP contribution in [0.1, 0.15) is 23.2 Å². The molecular weight excluding hydrogens is 361 g/mol. The summed E-state index contributed by atoms with van der Waals surface area (Å²) in [6, 6.07) is 5.63. The van der Waals surface area contributed by atoms with Crippen molar-refractivity contribution >= 4 is 29.2 Å². The molecule has 1 aliphatic rings. The van der Waals surface area contributed by atoms with Gasteiger partial charge in [-0.1, -0.05) is 11.6 Å². The Balaban J connectivity index is 1.50. The van der Waals surface area contributed by atoms with E-state index in [0.29, 0.717) is 5.78 Å². The number of hydrogen-bond donors (Lipinski definition) is 0. The zero-order valence-corrected chi connectivity index (χ0v) is 14.4. The molecule has 1 saturated heterocycles. The molecule has 0 radical (unpaired) electrons. The molecule has 134 valence electrons. The molecule has 0 bridgehead atoms. The van der Waals surface area contributed by atoms with Crippen molar-refractivity contribution in [2.24, 2.45) is 0 Å². The second-order valence-corrected chi connectivity index (χ2v) is 6.42. The van der Waals surface area contributed by atoms with Crippen molar-refractivity contribution in [3.05, 3.63) is 53.2 Å². The van der Waals surface area contributed by atoms with Gasteiger partial charge in [-0.05, 0) is 37.1 Å². The van der Waals surface area contributed by atoms with Crippen LogP contribution < -0.4 is 4.90 Å². The summed E-state index contributed by atoms with van der Waals surface area (Å²) in [6.45, 7) is 0.940. The first kappa shape index (κ1) is 16.7. The minimum atomic E-state index is -0.725. The van der Waals surface area contributed by atoms with Crippen LogP contribution in [0.25, 0.3) is 5.78 Å². The lowest BCUT2D eigenvalue weighted by Gasteiger charge is -2.26. The Labute approximate surface area is 153 Å². The number of carbonyl (C=O) groups is 1. The quantitative estimate of drug-likeness (QED) is 0.653. The average Bonchev–Trinajstić information content (AvgIpc) is 3.30. The van der Waals surface area contributed by atoms with Crippen LogP contribution in [0.3, 0.4) is 0 Å². The summed E-state index contributed by atoms with van der Waals surface area (Å²) in [6.07, 6.45) is 4.91. The van der Waals surface area contributed by atoms with Gasteiger partial charge in [-0.2, -0.15) is 14.6 Å². The summed E-state index contributed by atoms with van der Waals surface area (Å²) in [5.74, 6) is -0.0373. The fraction of sp³-hybridized carbons (Fsp3) is 0.294. The van der Waals surface area contributed by atoms with Gasteiger partial charge in [0.2, 0.25) is 0 Å². The largest absolute Gasteiger partial charge is 0.460 e. The second kappa shape index (κ2) is 6.87. The fourth-order valence-electron chi connectivity index (χ4n) is 3.16. The summed E-state index contributed by atoms with van der Waals surface area (Å²) in [7, 11) is 0. The molecule has 1 aromatic carbocycles. The van der Waals surface area contributed by atoms with Crippen LogP contribution in [0.4, 0.5) is 10.2 Å². The van der Waals surface area contributed by atoms with E-state index in [0.717, 1.165) is 31.3 Å². The van der Waals surface area contributed by atoms with Gasteiger partial charge in [0.05, 0.1) is 11.6 Å². The maximum absolute atomic E-state index is 13.8. The first-order valence-corrected chi connectivity index (χ1v) is 8.55. The van der Waals surface area contributed by atoms with Gasteiger partial charge in [-0.25, -0.2) is 14.2 Å². The average molecular weight is 376 g/mol. The molecule has 1 fully saturated rings. The topological polar surface area (TPSA) is 72.6 Å². The Kier molecular flexibility index (Phi) is 4.42. The molecule has 0 saturated carbocycles. The predicted octanol–water partition coefficient (Wildman–Crippen LogP) is 2.74. The van der Waals surface area contributed by atoms with Crippen molar-refractivity contribution in [2.45, 2.75) is 18.9 Å². The number of aromatic nitrogens is 4. The smallest absolute Gasteiger partial charge is 0.341 e. The molecule has 26 heavy (non-hydrogen) atoms. The number of nitrogens with zero attached hydrogens (tertiary/aromatic N) is 5. The highest BCUT2D eigenvalue weighted by Gasteiger charge is 2.28. The van der Waals surface area contributed by atoms with Crippen molar-refractivity contribution in [2.75, 3.05) is 18.1 Å². The van der Waals surface area contributed by atoms with E-state index in [1.54, 1.807) is 10.7 Å². The zero-order chi connectivity index (χ0) is 18.1. The molecule has 0 spiro atoms. The van der Waals surface area contributed by atoms with E-state index in [4.69, 9.17) is 16.3 Å². The third kappa shape index (κ3) is 3.08. The number of esters is 1. The van der Waals surface area contributed by atoms with E-state index < -0.39 is 11.8 Å². The third-order valence-electron chi connectivity index (χ3n) is 4.39. The van der Waals surface area contributed by atoms with Crippen molar-refractivity contribution in [3.63, 3.8) is 0 Å². The third-order valence-corrected chi connectivity index (χ3v) is 4.62. The molecule has 0 aliphatic carbocycles. The van der Waals surface area contributed by atoms with Crippen molar-refractivity contribution < 1.29 is 13.9 Å². The van der Waals surface area contributed by atoms with Crippen molar-refractivity contribution in [1.82, 2.24) is 19.6 Å². The molecule has 3 aromatic rings. The molecule has 4 rings (SSSR count). The first-order chi connectivity index (χ1) is 12.6. The Morgan fingerprint density at radius 3 is 3.12 bits per heavy atom. The Morgan fingerprint density at radius 2 is 2.23 bits per heavy atom. The molecule has 0 N–H and O–H groups in total. The molecular formula is C17H15ClFN5O2. The summed E-state index contributed by atoms with van der Waals surface area (Å²) >= 11 is 5.83. The number of benzene rings is 1. The predicted molar refractivity (Wildman–Crippen MR) is 92.8 cm³/mol. The number of rotatable bonds is 4. The summed E-state index contributed by atoms with van der Waals surface area (Å²) in [5.41, 5.74) is -0.162. The number of halogens is 2. The molecule has 7 nitrogen and oxygen atoms in total. The van der Waals surface area contributed by atoms with Gasteiger partial charge in [-0.3, -0.25) is 0 Å². The van der Waals surface area contributed by atoms with E-state index in [2.05, 4.69) is 20.0 Å². The highest BCUT2D eigenvalue weighted by Crippen LogP contribution is 2.25. The Hall–Kier alpha value is -2.74. The van der Waals surface area contributed by atoms with Crippen LogP contribution in [-0.4, -0.2) is 44.7 Å². The molecule has 2 aromatic heterocycles. The van der Waals surface area contributed by atoms with Gasteiger partial charge in [0.1, 0.15) is 24.6 Å². The van der Waals surface area contributed by atoms with Gasteiger partial charge in [0.25, 0.3) is 5.78 Å². The number of carbonyl (C=O) groups excluding carboxylic acids is 1. The lowest BCUT2D eigenvalue weighted by atomic mass is 10.2. The standard InChI is InChI=1S/C17H15ClFN5O2/c18-11-3-4-14(19)13(8-11)16(25)26-9-12-2-1-7-23(12)15-5-6-20-17-21-10-22-24(15)17/h3-6,8,10,12H,1-2,7,9H2. The molecule has 0 amide bonds. The van der Waals surface area contributed by atoms with Crippen LogP contribution >= 0.6 is 11.6 Å². The van der Waals surface area contributed by atoms with E-state index in [1.165, 1.54) is 18.5 Å². The van der Waals surface area contributed by atoms with Crippen molar-refractivity contribution in [1.29, 1.82) is 0 Å². The molecule has 3 heterocycles. The van der Waals surface area contributed by atoms with Crippen LogP contribution in [0, 0.1) is 5.82 Å². The minimum Gasteiger partial charge on any atom is -0.460 e.